The number of benzene rings is 1. The van der Waals surface area contributed by atoms with Crippen LogP contribution in [0.4, 0.5) is 5.69 Å². The second-order valence-electron chi connectivity index (χ2n) is 4.90. The molecule has 0 amide bonds. The van der Waals surface area contributed by atoms with Gasteiger partial charge in [0.1, 0.15) is 11.5 Å². The number of aromatic nitrogens is 1. The SMILES string of the molecule is COC(=O)/C=C(/Nc1ccccc1-c1nc(C)c(C)o1)C(=O)OC. The van der Waals surface area contributed by atoms with Crippen molar-refractivity contribution in [3.63, 3.8) is 0 Å². The van der Waals surface area contributed by atoms with Crippen LogP contribution in [0.2, 0.25) is 0 Å². The molecule has 0 aliphatic heterocycles. The summed E-state index contributed by atoms with van der Waals surface area (Å²) in [5.74, 6) is -0.258. The van der Waals surface area contributed by atoms with Gasteiger partial charge in [0, 0.05) is 0 Å². The fourth-order valence-corrected chi connectivity index (χ4v) is 1.94. The second-order valence-corrected chi connectivity index (χ2v) is 4.90. The van der Waals surface area contributed by atoms with Crippen molar-refractivity contribution in [2.75, 3.05) is 19.5 Å². The van der Waals surface area contributed by atoms with E-state index in [-0.39, 0.29) is 5.70 Å². The van der Waals surface area contributed by atoms with Crippen molar-refractivity contribution in [1.82, 2.24) is 4.98 Å². The van der Waals surface area contributed by atoms with Crippen LogP contribution in [-0.4, -0.2) is 31.1 Å². The van der Waals surface area contributed by atoms with Crippen LogP contribution < -0.4 is 5.32 Å². The molecule has 2 aromatic rings. The molecule has 126 valence electrons. The molecule has 24 heavy (non-hydrogen) atoms. The summed E-state index contributed by atoms with van der Waals surface area (Å²) >= 11 is 0. The molecule has 1 heterocycles. The molecule has 1 N–H and O–H groups in total. The lowest BCUT2D eigenvalue weighted by Crippen LogP contribution is -2.15. The van der Waals surface area contributed by atoms with Crippen LogP contribution in [0, 0.1) is 13.8 Å². The third-order valence-electron chi connectivity index (χ3n) is 3.32. The monoisotopic (exact) mass is 330 g/mol. The molecule has 0 atom stereocenters. The maximum atomic E-state index is 11.9. The first-order valence-electron chi connectivity index (χ1n) is 7.14. The minimum atomic E-state index is -0.699. The van der Waals surface area contributed by atoms with Gasteiger partial charge in [-0.05, 0) is 26.0 Å². The first kappa shape index (κ1) is 17.3. The van der Waals surface area contributed by atoms with Crippen LogP contribution in [0.1, 0.15) is 11.5 Å². The summed E-state index contributed by atoms with van der Waals surface area (Å²) in [5.41, 5.74) is 1.91. The minimum Gasteiger partial charge on any atom is -0.466 e. The molecule has 0 saturated carbocycles. The van der Waals surface area contributed by atoms with E-state index in [9.17, 15) is 9.59 Å². The van der Waals surface area contributed by atoms with E-state index in [0.29, 0.717) is 22.9 Å². The van der Waals surface area contributed by atoms with E-state index < -0.39 is 11.9 Å². The van der Waals surface area contributed by atoms with E-state index in [4.69, 9.17) is 4.42 Å². The van der Waals surface area contributed by atoms with Gasteiger partial charge in [-0.1, -0.05) is 12.1 Å². The van der Waals surface area contributed by atoms with Crippen molar-refractivity contribution in [2.45, 2.75) is 13.8 Å². The summed E-state index contributed by atoms with van der Waals surface area (Å²) in [6, 6.07) is 7.12. The number of nitrogens with one attached hydrogen (secondary N) is 1. The van der Waals surface area contributed by atoms with E-state index >= 15 is 0 Å². The Morgan fingerprint density at radius 1 is 1.17 bits per heavy atom. The standard InChI is InChI=1S/C17H18N2O5/c1-10-11(2)24-16(18-10)12-7-5-6-8-13(12)19-14(17(21)23-4)9-15(20)22-3/h5-9,19H,1-4H3/b14-9+. The highest BCUT2D eigenvalue weighted by Gasteiger charge is 2.17. The zero-order chi connectivity index (χ0) is 17.7. The molecule has 0 saturated heterocycles. The van der Waals surface area contributed by atoms with Crippen LogP contribution in [0.5, 0.6) is 0 Å². The van der Waals surface area contributed by atoms with Crippen molar-refractivity contribution in [3.05, 3.63) is 47.5 Å². The van der Waals surface area contributed by atoms with E-state index in [1.165, 1.54) is 14.2 Å². The third kappa shape index (κ3) is 3.81. The van der Waals surface area contributed by atoms with Crippen molar-refractivity contribution in [3.8, 4) is 11.5 Å². The molecule has 2 rings (SSSR count). The van der Waals surface area contributed by atoms with Gasteiger partial charge in [0.25, 0.3) is 0 Å². The number of oxazole rings is 1. The maximum absolute atomic E-state index is 11.9. The van der Waals surface area contributed by atoms with E-state index in [1.807, 2.05) is 19.9 Å². The number of aryl methyl sites for hydroxylation is 2. The predicted molar refractivity (Wildman–Crippen MR) is 87.2 cm³/mol. The summed E-state index contributed by atoms with van der Waals surface area (Å²) in [5, 5.41) is 2.88. The molecule has 1 aromatic carbocycles. The lowest BCUT2D eigenvalue weighted by Gasteiger charge is -2.11. The van der Waals surface area contributed by atoms with E-state index in [1.54, 1.807) is 18.2 Å². The average Bonchev–Trinajstić information content (AvgIpc) is 2.92. The number of rotatable bonds is 5. The van der Waals surface area contributed by atoms with Gasteiger partial charge in [-0.25, -0.2) is 14.6 Å². The van der Waals surface area contributed by atoms with Crippen molar-refractivity contribution >= 4 is 17.6 Å². The molecule has 0 aliphatic carbocycles. The Kier molecular flexibility index (Phi) is 5.36. The van der Waals surface area contributed by atoms with Crippen LogP contribution in [-0.2, 0) is 19.1 Å². The molecule has 0 radical (unpaired) electrons. The van der Waals surface area contributed by atoms with Gasteiger partial charge in [0.05, 0.1) is 37.2 Å². The van der Waals surface area contributed by atoms with Crippen molar-refractivity contribution in [2.24, 2.45) is 0 Å². The molecule has 0 aliphatic rings. The topological polar surface area (TPSA) is 90.7 Å². The molecule has 0 unspecified atom stereocenters. The molecular formula is C17H18N2O5. The number of hydrogen-bond donors (Lipinski definition) is 1. The second kappa shape index (κ2) is 7.45. The van der Waals surface area contributed by atoms with Crippen LogP contribution in [0.15, 0.2) is 40.5 Å². The summed E-state index contributed by atoms with van der Waals surface area (Å²) in [6.07, 6.45) is 1.02. The Hall–Kier alpha value is -3.09. The zero-order valence-corrected chi connectivity index (χ0v) is 13.9. The lowest BCUT2D eigenvalue weighted by atomic mass is 10.1. The van der Waals surface area contributed by atoms with Gasteiger partial charge in [-0.2, -0.15) is 0 Å². The number of ether oxygens (including phenoxy) is 2. The predicted octanol–water partition coefficient (Wildman–Crippen LogP) is 2.60. The molecule has 0 spiro atoms. The third-order valence-corrected chi connectivity index (χ3v) is 3.32. The number of anilines is 1. The fraction of sp³-hybridized carbons (Fsp3) is 0.235. The highest BCUT2D eigenvalue weighted by atomic mass is 16.5. The number of carbonyl (C=O) groups excluding carboxylic acids is 2. The molecule has 0 bridgehead atoms. The van der Waals surface area contributed by atoms with Crippen molar-refractivity contribution in [1.29, 1.82) is 0 Å². The number of esters is 2. The van der Waals surface area contributed by atoms with Crippen LogP contribution in [0.25, 0.3) is 11.5 Å². The number of hydrogen-bond acceptors (Lipinski definition) is 7. The van der Waals surface area contributed by atoms with Gasteiger partial charge in [-0.15, -0.1) is 0 Å². The number of para-hydroxylation sites is 1. The van der Waals surface area contributed by atoms with Crippen molar-refractivity contribution < 1.29 is 23.5 Å². The van der Waals surface area contributed by atoms with E-state index in [0.717, 1.165) is 11.8 Å². The lowest BCUT2D eigenvalue weighted by molar-refractivity contribution is -0.138. The Balaban J connectivity index is 2.43. The molecular weight excluding hydrogens is 312 g/mol. The fourth-order valence-electron chi connectivity index (χ4n) is 1.94. The summed E-state index contributed by atoms with van der Waals surface area (Å²) in [4.78, 5) is 27.7. The van der Waals surface area contributed by atoms with Gasteiger partial charge >= 0.3 is 11.9 Å². The summed E-state index contributed by atoms with van der Waals surface area (Å²) < 4.78 is 14.9. The Morgan fingerprint density at radius 3 is 2.46 bits per heavy atom. The number of methoxy groups -OCH3 is 2. The van der Waals surface area contributed by atoms with Gasteiger partial charge in [0.2, 0.25) is 5.89 Å². The minimum absolute atomic E-state index is 0.0585. The summed E-state index contributed by atoms with van der Waals surface area (Å²) in [6.45, 7) is 3.66. The van der Waals surface area contributed by atoms with E-state index in [2.05, 4.69) is 19.8 Å². The maximum Gasteiger partial charge on any atom is 0.354 e. The quantitative estimate of drug-likeness (QED) is 0.665. The largest absolute Gasteiger partial charge is 0.466 e. The Labute approximate surface area is 139 Å². The highest BCUT2D eigenvalue weighted by molar-refractivity contribution is 5.99. The van der Waals surface area contributed by atoms with Crippen LogP contribution >= 0.6 is 0 Å². The normalized spacial score (nSPS) is 11.1. The number of nitrogens with zero attached hydrogens (tertiary/aromatic N) is 1. The van der Waals surface area contributed by atoms with Crippen LogP contribution in [0.3, 0.4) is 0 Å². The summed E-state index contributed by atoms with van der Waals surface area (Å²) in [7, 11) is 2.45. The Bertz CT molecular complexity index is 773. The molecule has 0 fully saturated rings. The molecule has 7 nitrogen and oxygen atoms in total. The first-order valence-corrected chi connectivity index (χ1v) is 7.14. The average molecular weight is 330 g/mol. The van der Waals surface area contributed by atoms with Gasteiger partial charge in [-0.3, -0.25) is 0 Å². The Morgan fingerprint density at radius 2 is 1.88 bits per heavy atom. The number of carbonyl (C=O) groups is 2. The zero-order valence-electron chi connectivity index (χ0n) is 13.9. The molecule has 7 heteroatoms. The molecule has 1 aromatic heterocycles. The highest BCUT2D eigenvalue weighted by Crippen LogP contribution is 2.29. The van der Waals surface area contributed by atoms with Gasteiger partial charge in [0.15, 0.2) is 0 Å². The first-order chi connectivity index (χ1) is 11.5. The van der Waals surface area contributed by atoms with Gasteiger partial charge < -0.3 is 19.2 Å². The smallest absolute Gasteiger partial charge is 0.354 e.